The van der Waals surface area contributed by atoms with Gasteiger partial charge in [0.05, 0.1) is 17.9 Å². The predicted octanol–water partition coefficient (Wildman–Crippen LogP) is 2.15. The third-order valence-corrected chi connectivity index (χ3v) is 3.16. The molecule has 1 aromatic heterocycles. The molecule has 2 N–H and O–H groups in total. The van der Waals surface area contributed by atoms with Gasteiger partial charge in [0, 0.05) is 0 Å². The number of rotatable bonds is 3. The highest BCUT2D eigenvalue weighted by Crippen LogP contribution is 2.31. The van der Waals surface area contributed by atoms with Crippen molar-refractivity contribution in [2.75, 3.05) is 0 Å². The van der Waals surface area contributed by atoms with Gasteiger partial charge in [0.15, 0.2) is 11.5 Å². The minimum absolute atomic E-state index is 0.0103. The third-order valence-electron chi connectivity index (χ3n) is 3.16. The van der Waals surface area contributed by atoms with E-state index in [9.17, 15) is 14.7 Å². The lowest BCUT2D eigenvalue weighted by Gasteiger charge is -2.13. The van der Waals surface area contributed by atoms with Gasteiger partial charge in [-0.15, -0.1) is 0 Å². The van der Waals surface area contributed by atoms with Crippen LogP contribution >= 0.6 is 0 Å². The number of furan rings is 1. The van der Waals surface area contributed by atoms with Crippen molar-refractivity contribution in [2.45, 2.75) is 6.04 Å². The SMILES string of the molecule is O=C1N[C@@H](c2ccccc2)C(C(=O)c2ccco2)=C1O. The van der Waals surface area contributed by atoms with E-state index >= 15 is 0 Å². The molecule has 0 fully saturated rings. The third kappa shape index (κ3) is 1.89. The molecule has 0 saturated carbocycles. The first-order valence-corrected chi connectivity index (χ1v) is 6.05. The molecule has 20 heavy (non-hydrogen) atoms. The molecule has 0 saturated heterocycles. The molecule has 1 aliphatic heterocycles. The lowest BCUT2D eigenvalue weighted by atomic mass is 9.96. The smallest absolute Gasteiger partial charge is 0.287 e. The van der Waals surface area contributed by atoms with Crippen LogP contribution in [0.2, 0.25) is 0 Å². The summed E-state index contributed by atoms with van der Waals surface area (Å²) in [4.78, 5) is 24.0. The summed E-state index contributed by atoms with van der Waals surface area (Å²) in [5, 5.41) is 12.5. The van der Waals surface area contributed by atoms with Crippen molar-refractivity contribution in [3.63, 3.8) is 0 Å². The van der Waals surface area contributed by atoms with Crippen LogP contribution in [0.15, 0.2) is 64.5 Å². The Morgan fingerprint density at radius 3 is 2.55 bits per heavy atom. The van der Waals surface area contributed by atoms with E-state index < -0.39 is 23.5 Å². The number of ketones is 1. The summed E-state index contributed by atoms with van der Waals surface area (Å²) < 4.78 is 5.04. The molecule has 5 nitrogen and oxygen atoms in total. The fourth-order valence-corrected chi connectivity index (χ4v) is 2.21. The summed E-state index contributed by atoms with van der Waals surface area (Å²) in [5.41, 5.74) is 0.732. The van der Waals surface area contributed by atoms with E-state index in [0.717, 1.165) is 5.56 Å². The van der Waals surface area contributed by atoms with Crippen LogP contribution in [0.4, 0.5) is 0 Å². The van der Waals surface area contributed by atoms with Crippen molar-refractivity contribution in [3.8, 4) is 0 Å². The first-order valence-electron chi connectivity index (χ1n) is 6.05. The van der Waals surface area contributed by atoms with Crippen LogP contribution in [-0.2, 0) is 4.79 Å². The average molecular weight is 269 g/mol. The molecule has 2 aromatic rings. The number of carbonyl (C=O) groups excluding carboxylic acids is 2. The van der Waals surface area contributed by atoms with E-state index in [2.05, 4.69) is 5.32 Å². The first-order chi connectivity index (χ1) is 9.68. The maximum atomic E-state index is 12.3. The Hall–Kier alpha value is -2.82. The Kier molecular flexibility index (Phi) is 2.87. The zero-order chi connectivity index (χ0) is 14.1. The van der Waals surface area contributed by atoms with Crippen LogP contribution in [0.3, 0.4) is 0 Å². The van der Waals surface area contributed by atoms with Crippen molar-refractivity contribution < 1.29 is 19.1 Å². The second-order valence-electron chi connectivity index (χ2n) is 4.39. The van der Waals surface area contributed by atoms with Crippen LogP contribution in [0.1, 0.15) is 22.2 Å². The maximum absolute atomic E-state index is 12.3. The van der Waals surface area contributed by atoms with Gasteiger partial charge in [0.1, 0.15) is 0 Å². The number of hydrogen-bond donors (Lipinski definition) is 2. The van der Waals surface area contributed by atoms with Gasteiger partial charge in [0.2, 0.25) is 5.78 Å². The number of aliphatic hydroxyl groups is 1. The summed E-state index contributed by atoms with van der Waals surface area (Å²) in [7, 11) is 0. The highest BCUT2D eigenvalue weighted by atomic mass is 16.3. The van der Waals surface area contributed by atoms with E-state index in [1.54, 1.807) is 30.3 Å². The van der Waals surface area contributed by atoms with Gasteiger partial charge in [-0.3, -0.25) is 9.59 Å². The molecule has 0 spiro atoms. The maximum Gasteiger partial charge on any atom is 0.287 e. The van der Waals surface area contributed by atoms with E-state index in [-0.39, 0.29) is 11.3 Å². The molecule has 100 valence electrons. The van der Waals surface area contributed by atoms with Crippen molar-refractivity contribution >= 4 is 11.7 Å². The molecule has 5 heteroatoms. The Balaban J connectivity index is 2.05. The Morgan fingerprint density at radius 1 is 1.15 bits per heavy atom. The van der Waals surface area contributed by atoms with Crippen molar-refractivity contribution in [3.05, 3.63) is 71.4 Å². The molecule has 0 unspecified atom stereocenters. The fourth-order valence-electron chi connectivity index (χ4n) is 2.21. The number of Topliss-reactive ketones (excluding diaryl/α,β-unsaturated/α-hetero) is 1. The predicted molar refractivity (Wildman–Crippen MR) is 70.0 cm³/mol. The zero-order valence-electron chi connectivity index (χ0n) is 10.4. The quantitative estimate of drug-likeness (QED) is 0.837. The first kappa shape index (κ1) is 12.2. The molecule has 1 atom stereocenters. The lowest BCUT2D eigenvalue weighted by Crippen LogP contribution is -2.23. The molecular weight excluding hydrogens is 258 g/mol. The van der Waals surface area contributed by atoms with Crippen molar-refractivity contribution in [1.29, 1.82) is 0 Å². The molecule has 2 heterocycles. The number of hydrogen-bond acceptors (Lipinski definition) is 4. The van der Waals surface area contributed by atoms with Crippen molar-refractivity contribution in [1.82, 2.24) is 5.32 Å². The lowest BCUT2D eigenvalue weighted by molar-refractivity contribution is -0.119. The van der Waals surface area contributed by atoms with E-state index in [4.69, 9.17) is 4.42 Å². The van der Waals surface area contributed by atoms with Gasteiger partial charge in [-0.25, -0.2) is 0 Å². The standard InChI is InChI=1S/C15H11NO4/c17-13(10-7-4-8-20-10)11-12(16-15(19)14(11)18)9-5-2-1-3-6-9/h1-8,12,18H,(H,16,19)/t12-/m0/s1. The second-order valence-corrected chi connectivity index (χ2v) is 4.39. The molecule has 0 bridgehead atoms. The molecule has 0 radical (unpaired) electrons. The minimum atomic E-state index is -0.665. The number of carbonyl (C=O) groups is 2. The van der Waals surface area contributed by atoms with Crippen LogP contribution in [-0.4, -0.2) is 16.8 Å². The number of benzene rings is 1. The summed E-state index contributed by atoms with van der Waals surface area (Å²) in [6.45, 7) is 0. The van der Waals surface area contributed by atoms with Crippen LogP contribution in [0, 0.1) is 0 Å². The number of amides is 1. The van der Waals surface area contributed by atoms with Gasteiger partial charge in [0.25, 0.3) is 5.91 Å². The highest BCUT2D eigenvalue weighted by Gasteiger charge is 2.38. The van der Waals surface area contributed by atoms with Crippen LogP contribution in [0.5, 0.6) is 0 Å². The van der Waals surface area contributed by atoms with Gasteiger partial charge < -0.3 is 14.8 Å². The normalized spacial score (nSPS) is 18.2. The molecular formula is C15H11NO4. The van der Waals surface area contributed by atoms with E-state index in [1.165, 1.54) is 12.3 Å². The summed E-state index contributed by atoms with van der Waals surface area (Å²) in [6.07, 6.45) is 1.37. The molecule has 0 aliphatic carbocycles. The second kappa shape index (κ2) is 4.70. The Bertz CT molecular complexity index is 686. The largest absolute Gasteiger partial charge is 0.503 e. The molecule has 1 amide bonds. The molecule has 1 aliphatic rings. The average Bonchev–Trinajstić information content (AvgIpc) is 3.09. The van der Waals surface area contributed by atoms with Gasteiger partial charge in [-0.1, -0.05) is 30.3 Å². The number of nitrogens with one attached hydrogen (secondary N) is 1. The molecule has 3 rings (SSSR count). The zero-order valence-corrected chi connectivity index (χ0v) is 10.4. The van der Waals surface area contributed by atoms with Gasteiger partial charge >= 0.3 is 0 Å². The summed E-state index contributed by atoms with van der Waals surface area (Å²) in [5.74, 6) is -1.63. The van der Waals surface area contributed by atoms with Gasteiger partial charge in [-0.05, 0) is 17.7 Å². The van der Waals surface area contributed by atoms with E-state index in [1.807, 2.05) is 6.07 Å². The summed E-state index contributed by atoms with van der Waals surface area (Å²) in [6, 6.07) is 11.4. The number of aliphatic hydroxyl groups excluding tert-OH is 1. The molecule has 1 aromatic carbocycles. The van der Waals surface area contributed by atoms with Crippen LogP contribution in [0.25, 0.3) is 0 Å². The Morgan fingerprint density at radius 2 is 1.90 bits per heavy atom. The van der Waals surface area contributed by atoms with Gasteiger partial charge in [-0.2, -0.15) is 0 Å². The van der Waals surface area contributed by atoms with Crippen molar-refractivity contribution in [2.24, 2.45) is 0 Å². The van der Waals surface area contributed by atoms with Crippen LogP contribution < -0.4 is 5.32 Å². The minimum Gasteiger partial charge on any atom is -0.503 e. The summed E-state index contributed by atoms with van der Waals surface area (Å²) >= 11 is 0. The monoisotopic (exact) mass is 269 g/mol. The topological polar surface area (TPSA) is 79.5 Å². The Labute approximate surface area is 114 Å². The van der Waals surface area contributed by atoms with E-state index in [0.29, 0.717) is 0 Å². The fraction of sp³-hybridized carbons (Fsp3) is 0.0667. The highest BCUT2D eigenvalue weighted by molar-refractivity contribution is 6.14.